The van der Waals surface area contributed by atoms with E-state index in [9.17, 15) is 14.7 Å². The Bertz CT molecular complexity index is 1110. The predicted octanol–water partition coefficient (Wildman–Crippen LogP) is 4.65. The molecule has 2 aromatic rings. The average Bonchev–Trinajstić information content (AvgIpc) is 3.17. The number of ether oxygens (including phenoxy) is 3. The molecule has 1 amide bonds. The first-order valence-corrected chi connectivity index (χ1v) is 12.9. The van der Waals surface area contributed by atoms with Crippen molar-refractivity contribution in [3.8, 4) is 17.2 Å². The molecular weight excluding hydrogens is 472 g/mol. The summed E-state index contributed by atoms with van der Waals surface area (Å²) in [7, 11) is 1.55. The van der Waals surface area contributed by atoms with Crippen LogP contribution in [-0.4, -0.2) is 73.1 Å². The van der Waals surface area contributed by atoms with Gasteiger partial charge >= 0.3 is 0 Å². The molecule has 1 saturated heterocycles. The van der Waals surface area contributed by atoms with Crippen LogP contribution in [0.25, 0.3) is 5.76 Å². The zero-order valence-electron chi connectivity index (χ0n) is 22.5. The highest BCUT2D eigenvalue weighted by Crippen LogP contribution is 2.42. The fourth-order valence-corrected chi connectivity index (χ4v) is 4.46. The van der Waals surface area contributed by atoms with Crippen molar-refractivity contribution in [1.82, 2.24) is 9.80 Å². The van der Waals surface area contributed by atoms with Crippen LogP contribution in [0, 0.1) is 0 Å². The van der Waals surface area contributed by atoms with Crippen molar-refractivity contribution in [2.45, 2.75) is 40.2 Å². The third kappa shape index (κ3) is 6.25. The summed E-state index contributed by atoms with van der Waals surface area (Å²) >= 11 is 0. The molecule has 2 aromatic carbocycles. The molecule has 37 heavy (non-hydrogen) atoms. The molecule has 1 fully saturated rings. The van der Waals surface area contributed by atoms with Crippen LogP contribution in [-0.2, 0) is 9.59 Å². The van der Waals surface area contributed by atoms with Gasteiger partial charge in [0, 0.05) is 18.7 Å². The molecule has 0 bridgehead atoms. The van der Waals surface area contributed by atoms with Gasteiger partial charge in [-0.2, -0.15) is 0 Å². The summed E-state index contributed by atoms with van der Waals surface area (Å²) < 4.78 is 16.9. The topological polar surface area (TPSA) is 88.5 Å². The number of hydrogen-bond acceptors (Lipinski definition) is 7. The molecule has 1 aliphatic heterocycles. The largest absolute Gasteiger partial charge is 0.507 e. The third-order valence-electron chi connectivity index (χ3n) is 6.50. The number of aliphatic hydroxyl groups is 1. The maximum atomic E-state index is 13.3. The highest BCUT2D eigenvalue weighted by atomic mass is 16.5. The van der Waals surface area contributed by atoms with Crippen molar-refractivity contribution in [2.24, 2.45) is 0 Å². The first-order valence-electron chi connectivity index (χ1n) is 12.9. The fraction of sp³-hybridized carbons (Fsp3) is 0.448. The Morgan fingerprint density at radius 3 is 2.27 bits per heavy atom. The van der Waals surface area contributed by atoms with Gasteiger partial charge in [-0.25, -0.2) is 0 Å². The summed E-state index contributed by atoms with van der Waals surface area (Å²) in [6.45, 7) is 11.7. The Morgan fingerprint density at radius 1 is 0.973 bits per heavy atom. The first-order chi connectivity index (χ1) is 17.9. The Labute approximate surface area is 219 Å². The molecule has 0 spiro atoms. The van der Waals surface area contributed by atoms with Gasteiger partial charge in [0.05, 0.1) is 31.9 Å². The minimum absolute atomic E-state index is 0.0537. The van der Waals surface area contributed by atoms with E-state index in [1.54, 1.807) is 48.4 Å². The molecule has 3 rings (SSSR count). The molecule has 8 nitrogen and oxygen atoms in total. The van der Waals surface area contributed by atoms with E-state index in [-0.39, 0.29) is 11.3 Å². The van der Waals surface area contributed by atoms with Crippen LogP contribution in [0.4, 0.5) is 0 Å². The van der Waals surface area contributed by atoms with Gasteiger partial charge in [-0.15, -0.1) is 0 Å². The van der Waals surface area contributed by atoms with Crippen LogP contribution in [0.15, 0.2) is 48.0 Å². The number of likely N-dealkylation sites (tertiary alicyclic amines) is 1. The van der Waals surface area contributed by atoms with Crippen molar-refractivity contribution >= 4 is 17.4 Å². The lowest BCUT2D eigenvalue weighted by Crippen LogP contribution is -2.38. The second-order valence-corrected chi connectivity index (χ2v) is 8.74. The van der Waals surface area contributed by atoms with Crippen LogP contribution in [0.3, 0.4) is 0 Å². The summed E-state index contributed by atoms with van der Waals surface area (Å²) in [6, 6.07) is 11.4. The highest BCUT2D eigenvalue weighted by molar-refractivity contribution is 6.46. The van der Waals surface area contributed by atoms with E-state index in [1.807, 2.05) is 19.9 Å². The van der Waals surface area contributed by atoms with E-state index >= 15 is 0 Å². The van der Waals surface area contributed by atoms with Gasteiger partial charge in [0.15, 0.2) is 11.5 Å². The number of nitrogens with zero attached hydrogens (tertiary/aromatic N) is 2. The number of rotatable bonds is 13. The average molecular weight is 511 g/mol. The SMILES string of the molecule is CCCOc1ccc([C@H]2C(=C(O)c3ccc(OCC)cc3)C(=O)C(=O)N2CCN(CC)CC)cc1OC. The minimum atomic E-state index is -0.767. The number of benzene rings is 2. The minimum Gasteiger partial charge on any atom is -0.507 e. The molecule has 0 radical (unpaired) electrons. The molecule has 0 saturated carbocycles. The Morgan fingerprint density at radius 2 is 1.68 bits per heavy atom. The van der Waals surface area contributed by atoms with Gasteiger partial charge in [-0.3, -0.25) is 9.59 Å². The molecule has 8 heteroatoms. The molecule has 0 aromatic heterocycles. The molecule has 1 N–H and O–H groups in total. The highest BCUT2D eigenvalue weighted by Gasteiger charge is 2.46. The van der Waals surface area contributed by atoms with E-state index in [4.69, 9.17) is 14.2 Å². The second-order valence-electron chi connectivity index (χ2n) is 8.74. The van der Waals surface area contributed by atoms with Crippen LogP contribution in [0.1, 0.15) is 51.3 Å². The number of ketones is 1. The summed E-state index contributed by atoms with van der Waals surface area (Å²) in [4.78, 5) is 30.3. The van der Waals surface area contributed by atoms with E-state index < -0.39 is 17.7 Å². The molecule has 200 valence electrons. The number of carbonyl (C=O) groups is 2. The van der Waals surface area contributed by atoms with Crippen LogP contribution < -0.4 is 14.2 Å². The van der Waals surface area contributed by atoms with E-state index in [0.29, 0.717) is 54.7 Å². The van der Waals surface area contributed by atoms with Crippen molar-refractivity contribution in [3.63, 3.8) is 0 Å². The second kappa shape index (κ2) is 13.1. The fourth-order valence-electron chi connectivity index (χ4n) is 4.46. The van der Waals surface area contributed by atoms with Gasteiger partial charge in [0.25, 0.3) is 11.7 Å². The maximum absolute atomic E-state index is 13.3. The number of Topliss-reactive ketones (excluding diaryl/α,β-unsaturated/α-hetero) is 1. The maximum Gasteiger partial charge on any atom is 0.295 e. The van der Waals surface area contributed by atoms with Crippen LogP contribution in [0.2, 0.25) is 0 Å². The molecule has 0 aliphatic carbocycles. The number of amides is 1. The lowest BCUT2D eigenvalue weighted by Gasteiger charge is -2.28. The number of methoxy groups -OCH3 is 1. The van der Waals surface area contributed by atoms with Crippen molar-refractivity contribution in [1.29, 1.82) is 0 Å². The van der Waals surface area contributed by atoms with Gasteiger partial charge in [-0.05, 0) is 68.4 Å². The Hall–Kier alpha value is -3.52. The number of likely N-dealkylation sites (N-methyl/N-ethyl adjacent to an activating group) is 1. The smallest absolute Gasteiger partial charge is 0.295 e. The summed E-state index contributed by atoms with van der Waals surface area (Å²) in [5.41, 5.74) is 1.15. The van der Waals surface area contributed by atoms with Crippen molar-refractivity contribution < 1.29 is 28.9 Å². The van der Waals surface area contributed by atoms with E-state index in [2.05, 4.69) is 18.7 Å². The molecular formula is C29H38N2O6. The molecule has 0 unspecified atom stereocenters. The van der Waals surface area contributed by atoms with Crippen LogP contribution in [0.5, 0.6) is 17.2 Å². The number of aliphatic hydroxyl groups excluding tert-OH is 1. The quantitative estimate of drug-likeness (QED) is 0.238. The Kier molecular flexibility index (Phi) is 9.97. The standard InChI is InChI=1S/C29H38N2O6/c1-6-18-37-23-15-12-21(19-24(23)35-5)26-25(27(32)20-10-13-22(14-11-20)36-9-4)28(33)29(34)31(26)17-16-30(7-2)8-3/h10-15,19,26,32H,6-9,16-18H2,1-5H3/t26-/m0/s1. The van der Waals surface area contributed by atoms with Gasteiger partial charge < -0.3 is 29.1 Å². The van der Waals surface area contributed by atoms with Crippen molar-refractivity contribution in [2.75, 3.05) is 46.5 Å². The molecule has 1 heterocycles. The molecule has 1 aliphatic rings. The predicted molar refractivity (Wildman–Crippen MR) is 143 cm³/mol. The van der Waals surface area contributed by atoms with Gasteiger partial charge in [0.1, 0.15) is 11.5 Å². The molecule has 1 atom stereocenters. The van der Waals surface area contributed by atoms with Crippen molar-refractivity contribution in [3.05, 3.63) is 59.2 Å². The number of carbonyl (C=O) groups excluding carboxylic acids is 2. The lowest BCUT2D eigenvalue weighted by atomic mass is 9.95. The number of hydrogen-bond donors (Lipinski definition) is 1. The lowest BCUT2D eigenvalue weighted by molar-refractivity contribution is -0.140. The zero-order chi connectivity index (χ0) is 26.9. The summed E-state index contributed by atoms with van der Waals surface area (Å²) in [5, 5.41) is 11.3. The normalized spacial score (nSPS) is 16.9. The first kappa shape index (κ1) is 28.1. The summed E-state index contributed by atoms with van der Waals surface area (Å²) in [5.74, 6) is 0.182. The van der Waals surface area contributed by atoms with Gasteiger partial charge in [-0.1, -0.05) is 26.8 Å². The third-order valence-corrected chi connectivity index (χ3v) is 6.50. The van der Waals surface area contributed by atoms with E-state index in [1.165, 1.54) is 0 Å². The van der Waals surface area contributed by atoms with E-state index in [0.717, 1.165) is 19.5 Å². The van der Waals surface area contributed by atoms with Gasteiger partial charge in [0.2, 0.25) is 0 Å². The summed E-state index contributed by atoms with van der Waals surface area (Å²) in [6.07, 6.45) is 0.846. The zero-order valence-corrected chi connectivity index (χ0v) is 22.5. The monoisotopic (exact) mass is 510 g/mol. The Balaban J connectivity index is 2.10. The van der Waals surface area contributed by atoms with Crippen LogP contribution >= 0.6 is 0 Å².